The zero-order chi connectivity index (χ0) is 12.1. The molecule has 1 aliphatic carbocycles. The second kappa shape index (κ2) is 5.67. The molecule has 2 nitrogen and oxygen atoms in total. The summed E-state index contributed by atoms with van der Waals surface area (Å²) in [4.78, 5) is 10.6. The molecule has 1 fully saturated rings. The van der Waals surface area contributed by atoms with Gasteiger partial charge in [-0.1, -0.05) is 35.9 Å². The van der Waals surface area contributed by atoms with Gasteiger partial charge in [-0.05, 0) is 43.2 Å². The number of rotatable bonds is 4. The molecule has 0 amide bonds. The quantitative estimate of drug-likeness (QED) is 0.857. The van der Waals surface area contributed by atoms with Crippen molar-refractivity contribution in [1.82, 2.24) is 0 Å². The average Bonchev–Trinajstić information content (AvgIpc) is 2.80. The third kappa shape index (κ3) is 3.45. The number of hydrogen-bond donors (Lipinski definition) is 1. The molecule has 0 bridgehead atoms. The lowest BCUT2D eigenvalue weighted by Crippen LogP contribution is -1.98. The summed E-state index contributed by atoms with van der Waals surface area (Å²) in [5.74, 6) is -0.728. The van der Waals surface area contributed by atoms with Crippen LogP contribution in [0.15, 0.2) is 29.8 Å². The number of aryl methyl sites for hydroxylation is 1. The highest BCUT2D eigenvalue weighted by Gasteiger charge is 2.08. The fourth-order valence-corrected chi connectivity index (χ4v) is 2.34. The molecule has 0 saturated heterocycles. The predicted molar refractivity (Wildman–Crippen MR) is 68.8 cm³/mol. The van der Waals surface area contributed by atoms with Gasteiger partial charge in [0.1, 0.15) is 0 Å². The Hall–Kier alpha value is -1.57. The molecule has 0 radical (unpaired) electrons. The van der Waals surface area contributed by atoms with E-state index in [4.69, 9.17) is 5.11 Å². The Labute approximate surface area is 102 Å². The van der Waals surface area contributed by atoms with Crippen molar-refractivity contribution in [2.45, 2.75) is 38.5 Å². The van der Waals surface area contributed by atoms with E-state index in [2.05, 4.69) is 12.1 Å². The van der Waals surface area contributed by atoms with E-state index in [1.807, 2.05) is 18.2 Å². The molecule has 17 heavy (non-hydrogen) atoms. The van der Waals surface area contributed by atoms with Gasteiger partial charge in [0.2, 0.25) is 0 Å². The van der Waals surface area contributed by atoms with Gasteiger partial charge in [-0.2, -0.15) is 0 Å². The first-order valence-electron chi connectivity index (χ1n) is 6.25. The first-order valence-corrected chi connectivity index (χ1v) is 6.25. The highest BCUT2D eigenvalue weighted by atomic mass is 16.4. The smallest absolute Gasteiger partial charge is 0.303 e. The van der Waals surface area contributed by atoms with E-state index in [-0.39, 0.29) is 6.42 Å². The highest BCUT2D eigenvalue weighted by molar-refractivity contribution is 5.67. The van der Waals surface area contributed by atoms with Crippen molar-refractivity contribution in [2.24, 2.45) is 0 Å². The second-order valence-electron chi connectivity index (χ2n) is 4.60. The van der Waals surface area contributed by atoms with Crippen LogP contribution in [0.4, 0.5) is 0 Å². The molecule has 0 heterocycles. The van der Waals surface area contributed by atoms with Gasteiger partial charge in [-0.3, -0.25) is 4.79 Å². The molecule has 0 atom stereocenters. The van der Waals surface area contributed by atoms with Crippen molar-refractivity contribution in [3.63, 3.8) is 0 Å². The normalized spacial score (nSPS) is 14.9. The Bertz CT molecular complexity index is 424. The number of carboxylic acids is 1. The average molecular weight is 230 g/mol. The van der Waals surface area contributed by atoms with E-state index in [1.54, 1.807) is 0 Å². The van der Waals surface area contributed by atoms with Crippen LogP contribution in [0.3, 0.4) is 0 Å². The Kier molecular flexibility index (Phi) is 3.97. The molecule has 0 unspecified atom stereocenters. The SMILES string of the molecule is O=C(O)CCc1ccccc1C=C1CCCC1. The van der Waals surface area contributed by atoms with Gasteiger partial charge >= 0.3 is 5.97 Å². The molecule has 90 valence electrons. The number of aliphatic carboxylic acids is 1. The maximum absolute atomic E-state index is 10.6. The molecule has 1 aromatic rings. The minimum Gasteiger partial charge on any atom is -0.481 e. The first-order chi connectivity index (χ1) is 8.25. The predicted octanol–water partition coefficient (Wildman–Crippen LogP) is 3.66. The number of carbonyl (C=O) groups is 1. The standard InChI is InChI=1S/C15H18O2/c16-15(17)10-9-13-7-3-4-8-14(13)11-12-5-1-2-6-12/h3-4,7-8,11H,1-2,5-6,9-10H2,(H,16,17). The lowest BCUT2D eigenvalue weighted by atomic mass is 10.0. The number of carboxylic acid groups (broad SMARTS) is 1. The van der Waals surface area contributed by atoms with E-state index in [0.29, 0.717) is 6.42 Å². The molecular weight excluding hydrogens is 212 g/mol. The summed E-state index contributed by atoms with van der Waals surface area (Å²) in [7, 11) is 0. The minimum atomic E-state index is -0.728. The summed E-state index contributed by atoms with van der Waals surface area (Å²) in [5.41, 5.74) is 3.85. The van der Waals surface area contributed by atoms with Gasteiger partial charge in [0.25, 0.3) is 0 Å². The van der Waals surface area contributed by atoms with Gasteiger partial charge in [0, 0.05) is 6.42 Å². The molecule has 1 saturated carbocycles. The van der Waals surface area contributed by atoms with Crippen molar-refractivity contribution < 1.29 is 9.90 Å². The van der Waals surface area contributed by atoms with Crippen LogP contribution in [0, 0.1) is 0 Å². The van der Waals surface area contributed by atoms with Crippen molar-refractivity contribution in [3.05, 3.63) is 41.0 Å². The van der Waals surface area contributed by atoms with Gasteiger partial charge < -0.3 is 5.11 Å². The van der Waals surface area contributed by atoms with Gasteiger partial charge in [-0.15, -0.1) is 0 Å². The zero-order valence-electron chi connectivity index (χ0n) is 9.98. The van der Waals surface area contributed by atoms with Crippen LogP contribution in [-0.4, -0.2) is 11.1 Å². The monoisotopic (exact) mass is 230 g/mol. The topological polar surface area (TPSA) is 37.3 Å². The summed E-state index contributed by atoms with van der Waals surface area (Å²) in [5, 5.41) is 8.73. The van der Waals surface area contributed by atoms with Crippen LogP contribution in [0.25, 0.3) is 6.08 Å². The first kappa shape index (κ1) is 11.9. The van der Waals surface area contributed by atoms with Crippen molar-refractivity contribution in [2.75, 3.05) is 0 Å². The Balaban J connectivity index is 2.15. The molecule has 1 N–H and O–H groups in total. The molecular formula is C15H18O2. The fraction of sp³-hybridized carbons (Fsp3) is 0.400. The third-order valence-electron chi connectivity index (χ3n) is 3.27. The summed E-state index contributed by atoms with van der Waals surface area (Å²) < 4.78 is 0. The number of hydrogen-bond acceptors (Lipinski definition) is 1. The van der Waals surface area contributed by atoms with Crippen LogP contribution in [-0.2, 0) is 11.2 Å². The Morgan fingerprint density at radius 3 is 2.65 bits per heavy atom. The lowest BCUT2D eigenvalue weighted by molar-refractivity contribution is -0.136. The van der Waals surface area contributed by atoms with Crippen molar-refractivity contribution in [1.29, 1.82) is 0 Å². The molecule has 2 heteroatoms. The summed E-state index contributed by atoms with van der Waals surface area (Å²) in [6, 6.07) is 8.12. The van der Waals surface area contributed by atoms with E-state index in [1.165, 1.54) is 36.8 Å². The van der Waals surface area contributed by atoms with Crippen LogP contribution in [0.2, 0.25) is 0 Å². The highest BCUT2D eigenvalue weighted by Crippen LogP contribution is 2.27. The van der Waals surface area contributed by atoms with Crippen LogP contribution in [0.5, 0.6) is 0 Å². The van der Waals surface area contributed by atoms with Crippen molar-refractivity contribution in [3.8, 4) is 0 Å². The molecule has 1 aromatic carbocycles. The second-order valence-corrected chi connectivity index (χ2v) is 4.60. The molecule has 2 rings (SSSR count). The molecule has 0 aromatic heterocycles. The Morgan fingerprint density at radius 1 is 1.24 bits per heavy atom. The minimum absolute atomic E-state index is 0.209. The maximum atomic E-state index is 10.6. The fourth-order valence-electron chi connectivity index (χ4n) is 2.34. The van der Waals surface area contributed by atoms with Gasteiger partial charge in [-0.25, -0.2) is 0 Å². The van der Waals surface area contributed by atoms with Crippen LogP contribution in [0.1, 0.15) is 43.2 Å². The van der Waals surface area contributed by atoms with E-state index in [0.717, 1.165) is 5.56 Å². The lowest BCUT2D eigenvalue weighted by Gasteiger charge is -2.05. The number of benzene rings is 1. The largest absolute Gasteiger partial charge is 0.481 e. The third-order valence-corrected chi connectivity index (χ3v) is 3.27. The number of allylic oxidation sites excluding steroid dienone is 1. The molecule has 1 aliphatic rings. The summed E-state index contributed by atoms with van der Waals surface area (Å²) in [6.07, 6.45) is 8.08. The maximum Gasteiger partial charge on any atom is 0.303 e. The van der Waals surface area contributed by atoms with E-state index in [9.17, 15) is 4.79 Å². The van der Waals surface area contributed by atoms with Crippen LogP contribution >= 0.6 is 0 Å². The van der Waals surface area contributed by atoms with E-state index >= 15 is 0 Å². The van der Waals surface area contributed by atoms with Crippen molar-refractivity contribution >= 4 is 12.0 Å². The molecule has 0 aliphatic heterocycles. The van der Waals surface area contributed by atoms with E-state index < -0.39 is 5.97 Å². The summed E-state index contributed by atoms with van der Waals surface area (Å²) >= 11 is 0. The molecule has 0 spiro atoms. The van der Waals surface area contributed by atoms with Gasteiger partial charge in [0.15, 0.2) is 0 Å². The van der Waals surface area contributed by atoms with Crippen LogP contribution < -0.4 is 0 Å². The Morgan fingerprint density at radius 2 is 1.94 bits per heavy atom. The zero-order valence-corrected chi connectivity index (χ0v) is 9.98. The summed E-state index contributed by atoms with van der Waals surface area (Å²) in [6.45, 7) is 0. The van der Waals surface area contributed by atoms with Gasteiger partial charge in [0.05, 0.1) is 0 Å².